The smallest absolute Gasteiger partial charge is 0.130 e. The first-order valence-corrected chi connectivity index (χ1v) is 7.04. The zero-order chi connectivity index (χ0) is 13.1. The fourth-order valence-corrected chi connectivity index (χ4v) is 2.85. The first-order chi connectivity index (χ1) is 8.56. The van der Waals surface area contributed by atoms with Crippen LogP contribution in [-0.2, 0) is 6.54 Å². The van der Waals surface area contributed by atoms with Crippen LogP contribution in [0.25, 0.3) is 0 Å². The van der Waals surface area contributed by atoms with Crippen LogP contribution < -0.4 is 0 Å². The third-order valence-electron chi connectivity index (χ3n) is 3.45. The van der Waals surface area contributed by atoms with Crippen molar-refractivity contribution in [1.29, 1.82) is 0 Å². The third kappa shape index (κ3) is 3.58. The topological polar surface area (TPSA) is 19.4 Å². The Morgan fingerprint density at radius 2 is 2.17 bits per heavy atom. The lowest BCUT2D eigenvalue weighted by molar-refractivity contribution is 0.194. The van der Waals surface area contributed by atoms with Crippen molar-refractivity contribution in [2.45, 2.75) is 25.9 Å². The average molecular weight is 288 g/mol. The number of nitrogens with zero attached hydrogens (tertiary/aromatic N) is 3. The van der Waals surface area contributed by atoms with Crippen LogP contribution in [0.15, 0.2) is 12.3 Å². The maximum absolute atomic E-state index is 6.20. The highest BCUT2D eigenvalue weighted by molar-refractivity contribution is 6.34. The van der Waals surface area contributed by atoms with E-state index in [4.69, 9.17) is 23.2 Å². The molecule has 18 heavy (non-hydrogen) atoms. The maximum Gasteiger partial charge on any atom is 0.130 e. The van der Waals surface area contributed by atoms with Gasteiger partial charge in [-0.05, 0) is 33.0 Å². The molecule has 100 valence electrons. The minimum atomic E-state index is 0.451. The van der Waals surface area contributed by atoms with Gasteiger partial charge in [0.2, 0.25) is 0 Å². The summed E-state index contributed by atoms with van der Waals surface area (Å²) in [5.41, 5.74) is 1.05. The van der Waals surface area contributed by atoms with Crippen LogP contribution in [0.2, 0.25) is 10.2 Å². The molecule has 5 heteroatoms. The van der Waals surface area contributed by atoms with E-state index in [1.807, 2.05) is 0 Å². The van der Waals surface area contributed by atoms with Crippen molar-refractivity contribution in [2.24, 2.45) is 0 Å². The van der Waals surface area contributed by atoms with Gasteiger partial charge in [-0.3, -0.25) is 4.90 Å². The molecule has 1 atom stereocenters. The van der Waals surface area contributed by atoms with Gasteiger partial charge in [-0.1, -0.05) is 23.2 Å². The van der Waals surface area contributed by atoms with Crippen molar-refractivity contribution in [3.05, 3.63) is 28.0 Å². The highest BCUT2D eigenvalue weighted by atomic mass is 35.5. The molecule has 0 aliphatic carbocycles. The van der Waals surface area contributed by atoms with Crippen LogP contribution in [0, 0.1) is 0 Å². The number of pyridine rings is 1. The Balaban J connectivity index is 2.07. The molecule has 0 amide bonds. The number of aromatic nitrogens is 1. The van der Waals surface area contributed by atoms with Crippen LogP contribution in [0.3, 0.4) is 0 Å². The Morgan fingerprint density at radius 1 is 1.39 bits per heavy atom. The van der Waals surface area contributed by atoms with Crippen molar-refractivity contribution in [1.82, 2.24) is 14.8 Å². The molecule has 0 N–H and O–H groups in total. The van der Waals surface area contributed by atoms with E-state index < -0.39 is 0 Å². The van der Waals surface area contributed by atoms with Crippen LogP contribution in [0.1, 0.15) is 18.9 Å². The zero-order valence-electron chi connectivity index (χ0n) is 10.9. The van der Waals surface area contributed by atoms with E-state index in [0.29, 0.717) is 16.2 Å². The van der Waals surface area contributed by atoms with E-state index in [-0.39, 0.29) is 0 Å². The fourth-order valence-electron chi connectivity index (χ4n) is 2.43. The number of likely N-dealkylation sites (N-methyl/N-ethyl adjacent to an activating group) is 1. The highest BCUT2D eigenvalue weighted by Gasteiger charge is 2.20. The van der Waals surface area contributed by atoms with E-state index in [0.717, 1.165) is 31.7 Å². The van der Waals surface area contributed by atoms with E-state index >= 15 is 0 Å². The summed E-state index contributed by atoms with van der Waals surface area (Å²) < 4.78 is 0. The summed E-state index contributed by atoms with van der Waals surface area (Å²) in [6.07, 6.45) is 2.98. The lowest BCUT2D eigenvalue weighted by Crippen LogP contribution is -2.37. The summed E-state index contributed by atoms with van der Waals surface area (Å²) in [6, 6.07) is 2.25. The molecule has 1 aliphatic rings. The van der Waals surface area contributed by atoms with Crippen LogP contribution in [0.5, 0.6) is 0 Å². The van der Waals surface area contributed by atoms with Gasteiger partial charge in [0, 0.05) is 42.5 Å². The molecule has 2 heterocycles. The van der Waals surface area contributed by atoms with E-state index in [9.17, 15) is 0 Å². The zero-order valence-corrected chi connectivity index (χ0v) is 12.4. The van der Waals surface area contributed by atoms with E-state index in [2.05, 4.69) is 28.8 Å². The van der Waals surface area contributed by atoms with Gasteiger partial charge >= 0.3 is 0 Å². The monoisotopic (exact) mass is 287 g/mol. The predicted octanol–water partition coefficient (Wildman–Crippen LogP) is 2.91. The van der Waals surface area contributed by atoms with Gasteiger partial charge < -0.3 is 4.90 Å². The summed E-state index contributed by atoms with van der Waals surface area (Å²) >= 11 is 12.0. The summed E-state index contributed by atoms with van der Waals surface area (Å²) in [5, 5.41) is 1.16. The van der Waals surface area contributed by atoms with Crippen molar-refractivity contribution in [3.8, 4) is 0 Å². The highest BCUT2D eigenvalue weighted by Crippen LogP contribution is 2.21. The van der Waals surface area contributed by atoms with Gasteiger partial charge in [0.05, 0.1) is 0 Å². The molecule has 0 bridgehead atoms. The molecule has 0 aromatic carbocycles. The summed E-state index contributed by atoms with van der Waals surface area (Å²) in [6.45, 7) is 6.47. The number of halogens is 2. The van der Waals surface area contributed by atoms with Crippen molar-refractivity contribution >= 4 is 23.2 Å². The number of rotatable bonds is 2. The summed E-state index contributed by atoms with van der Waals surface area (Å²) in [7, 11) is 2.18. The molecule has 1 aromatic heterocycles. The second-order valence-corrected chi connectivity index (χ2v) is 5.83. The summed E-state index contributed by atoms with van der Waals surface area (Å²) in [4.78, 5) is 8.95. The van der Waals surface area contributed by atoms with Gasteiger partial charge in [0.1, 0.15) is 5.15 Å². The second kappa shape index (κ2) is 6.20. The van der Waals surface area contributed by atoms with Crippen LogP contribution in [0.4, 0.5) is 0 Å². The molecule has 1 unspecified atom stereocenters. The Labute approximate surface area is 119 Å². The molecule has 0 radical (unpaired) electrons. The quantitative estimate of drug-likeness (QED) is 0.780. The normalized spacial score (nSPS) is 23.0. The Hall–Kier alpha value is -0.350. The van der Waals surface area contributed by atoms with Crippen molar-refractivity contribution in [3.63, 3.8) is 0 Å². The lowest BCUT2D eigenvalue weighted by Gasteiger charge is -2.28. The van der Waals surface area contributed by atoms with Gasteiger partial charge in [0.25, 0.3) is 0 Å². The van der Waals surface area contributed by atoms with Crippen molar-refractivity contribution < 1.29 is 0 Å². The molecule has 2 rings (SSSR count). The van der Waals surface area contributed by atoms with Gasteiger partial charge in [0.15, 0.2) is 0 Å². The first kappa shape index (κ1) is 14.1. The molecule has 0 spiro atoms. The summed E-state index contributed by atoms with van der Waals surface area (Å²) in [5.74, 6) is 0. The molecule has 1 aliphatic heterocycles. The molecule has 1 fully saturated rings. The largest absolute Gasteiger partial charge is 0.305 e. The molecule has 1 saturated heterocycles. The van der Waals surface area contributed by atoms with Gasteiger partial charge in [-0.25, -0.2) is 4.98 Å². The third-order valence-corrected chi connectivity index (χ3v) is 4.01. The fraction of sp³-hybridized carbons (Fsp3) is 0.615. The SMILES string of the molecule is CC1CN(C)CCCN1Cc1cnc(Cl)cc1Cl. The molecule has 0 saturated carbocycles. The second-order valence-electron chi connectivity index (χ2n) is 5.03. The lowest BCUT2D eigenvalue weighted by atomic mass is 10.2. The Morgan fingerprint density at radius 3 is 2.89 bits per heavy atom. The number of hydrogen-bond donors (Lipinski definition) is 0. The van der Waals surface area contributed by atoms with E-state index in [1.54, 1.807) is 12.3 Å². The molecular weight excluding hydrogens is 269 g/mol. The average Bonchev–Trinajstić information content (AvgIpc) is 2.44. The van der Waals surface area contributed by atoms with Gasteiger partial charge in [-0.2, -0.15) is 0 Å². The predicted molar refractivity (Wildman–Crippen MR) is 76.2 cm³/mol. The maximum atomic E-state index is 6.20. The molecular formula is C13H19Cl2N3. The first-order valence-electron chi connectivity index (χ1n) is 6.29. The Kier molecular flexibility index (Phi) is 4.84. The van der Waals surface area contributed by atoms with Crippen molar-refractivity contribution in [2.75, 3.05) is 26.7 Å². The van der Waals surface area contributed by atoms with E-state index in [1.165, 1.54) is 6.42 Å². The van der Waals surface area contributed by atoms with Gasteiger partial charge in [-0.15, -0.1) is 0 Å². The standard InChI is InChI=1S/C13H19Cl2N3/c1-10-8-17(2)4-3-5-18(10)9-11-7-16-13(15)6-12(11)14/h6-7,10H,3-5,8-9H2,1-2H3. The Bertz CT molecular complexity index is 411. The molecule has 3 nitrogen and oxygen atoms in total. The minimum Gasteiger partial charge on any atom is -0.305 e. The minimum absolute atomic E-state index is 0.451. The van der Waals surface area contributed by atoms with Crippen LogP contribution >= 0.6 is 23.2 Å². The van der Waals surface area contributed by atoms with Crippen LogP contribution in [-0.4, -0.2) is 47.5 Å². The number of hydrogen-bond acceptors (Lipinski definition) is 3. The molecule has 1 aromatic rings.